The third kappa shape index (κ3) is 3.95. The average molecular weight is 343 g/mol. The van der Waals surface area contributed by atoms with Crippen LogP contribution in [-0.2, 0) is 20.7 Å². The minimum atomic E-state index is -0.638. The van der Waals surface area contributed by atoms with E-state index >= 15 is 0 Å². The molecule has 0 aliphatic carbocycles. The number of halogens is 1. The lowest BCUT2D eigenvalue weighted by Gasteiger charge is -2.07. The zero-order valence-corrected chi connectivity index (χ0v) is 13.0. The van der Waals surface area contributed by atoms with Crippen LogP contribution in [0, 0.1) is 5.82 Å². The van der Waals surface area contributed by atoms with Gasteiger partial charge in [0.15, 0.2) is 6.61 Å². The van der Waals surface area contributed by atoms with Crippen molar-refractivity contribution in [2.75, 3.05) is 11.9 Å². The number of anilines is 1. The van der Waals surface area contributed by atoms with Crippen LogP contribution in [0.1, 0.15) is 5.56 Å². The Morgan fingerprint density at radius 2 is 2.00 bits per heavy atom. The summed E-state index contributed by atoms with van der Waals surface area (Å²) in [4.78, 5) is 23.6. The van der Waals surface area contributed by atoms with E-state index in [1.807, 2.05) is 0 Å². The smallest absolute Gasteiger partial charge is 0.310 e. The molecule has 0 spiro atoms. The van der Waals surface area contributed by atoms with Gasteiger partial charge >= 0.3 is 5.97 Å². The van der Waals surface area contributed by atoms with Crippen molar-refractivity contribution in [1.29, 1.82) is 0 Å². The molecule has 0 radical (unpaired) electrons. The number of benzene rings is 2. The van der Waals surface area contributed by atoms with Gasteiger partial charge in [0.25, 0.3) is 5.91 Å². The fourth-order valence-corrected chi connectivity index (χ4v) is 2.31. The first kappa shape index (κ1) is 16.5. The lowest BCUT2D eigenvalue weighted by Crippen LogP contribution is -2.22. The van der Waals surface area contributed by atoms with Gasteiger partial charge in [-0.1, -0.05) is 12.1 Å². The van der Waals surface area contributed by atoms with E-state index in [9.17, 15) is 19.1 Å². The first-order valence-corrected chi connectivity index (χ1v) is 7.42. The van der Waals surface area contributed by atoms with E-state index in [0.29, 0.717) is 16.5 Å². The van der Waals surface area contributed by atoms with Gasteiger partial charge in [0.05, 0.1) is 18.4 Å². The molecule has 0 fully saturated rings. The number of nitrogens with one attached hydrogen (secondary N) is 1. The number of rotatable bonds is 5. The Morgan fingerprint density at radius 1 is 1.20 bits per heavy atom. The Bertz CT molecular complexity index is 934. The highest BCUT2D eigenvalue weighted by Gasteiger charge is 2.14. The van der Waals surface area contributed by atoms with Gasteiger partial charge in [0.1, 0.15) is 17.1 Å². The molecular weight excluding hydrogens is 329 g/mol. The SMILES string of the molecule is O=C(COC(=O)Cc1coc2cc(O)ccc12)Nc1ccccc1F. The molecule has 1 amide bonds. The highest BCUT2D eigenvalue weighted by molar-refractivity contribution is 5.93. The van der Waals surface area contributed by atoms with E-state index < -0.39 is 24.3 Å². The van der Waals surface area contributed by atoms with Crippen LogP contribution in [0.25, 0.3) is 11.0 Å². The molecule has 0 saturated carbocycles. The second-order valence-electron chi connectivity index (χ2n) is 5.31. The zero-order chi connectivity index (χ0) is 17.8. The summed E-state index contributed by atoms with van der Waals surface area (Å²) in [5.41, 5.74) is 1.04. The van der Waals surface area contributed by atoms with E-state index in [0.717, 1.165) is 0 Å². The van der Waals surface area contributed by atoms with Crippen molar-refractivity contribution in [3.8, 4) is 5.75 Å². The van der Waals surface area contributed by atoms with Crippen LogP contribution in [0.15, 0.2) is 53.1 Å². The number of amides is 1. The molecule has 6 nitrogen and oxygen atoms in total. The predicted molar refractivity (Wildman–Crippen MR) is 87.6 cm³/mol. The number of esters is 1. The maximum absolute atomic E-state index is 13.4. The number of phenols is 1. The third-order valence-electron chi connectivity index (χ3n) is 3.49. The molecule has 0 unspecified atom stereocenters. The summed E-state index contributed by atoms with van der Waals surface area (Å²) in [5, 5.41) is 12.4. The number of carbonyl (C=O) groups excluding carboxylic acids is 2. The van der Waals surface area contributed by atoms with Crippen LogP contribution >= 0.6 is 0 Å². The van der Waals surface area contributed by atoms with E-state index in [1.165, 1.54) is 36.6 Å². The van der Waals surface area contributed by atoms with Gasteiger partial charge in [-0.05, 0) is 24.3 Å². The summed E-state index contributed by atoms with van der Waals surface area (Å²) in [6.07, 6.45) is 1.30. The Balaban J connectivity index is 1.55. The molecule has 1 heterocycles. The van der Waals surface area contributed by atoms with Crippen molar-refractivity contribution in [2.45, 2.75) is 6.42 Å². The third-order valence-corrected chi connectivity index (χ3v) is 3.49. The van der Waals surface area contributed by atoms with Crippen LogP contribution in [0.2, 0.25) is 0 Å². The van der Waals surface area contributed by atoms with E-state index in [2.05, 4.69) is 5.32 Å². The number of hydrogen-bond acceptors (Lipinski definition) is 5. The lowest BCUT2D eigenvalue weighted by molar-refractivity contribution is -0.146. The first-order chi connectivity index (χ1) is 12.0. The topological polar surface area (TPSA) is 88.8 Å². The molecule has 3 rings (SSSR count). The van der Waals surface area contributed by atoms with Gasteiger partial charge in [0, 0.05) is 17.0 Å². The number of furan rings is 1. The molecule has 0 aliphatic rings. The Morgan fingerprint density at radius 3 is 2.80 bits per heavy atom. The van der Waals surface area contributed by atoms with Crippen molar-refractivity contribution in [3.05, 3.63) is 60.1 Å². The number of ether oxygens (including phenoxy) is 1. The molecule has 3 aromatic rings. The first-order valence-electron chi connectivity index (χ1n) is 7.42. The fraction of sp³-hybridized carbons (Fsp3) is 0.111. The van der Waals surface area contributed by atoms with Gasteiger partial charge < -0.3 is 19.6 Å². The number of para-hydroxylation sites is 1. The monoisotopic (exact) mass is 343 g/mol. The summed E-state index contributed by atoms with van der Waals surface area (Å²) in [6.45, 7) is -0.524. The number of fused-ring (bicyclic) bond motifs is 1. The molecular formula is C18H14FNO5. The maximum Gasteiger partial charge on any atom is 0.310 e. The summed E-state index contributed by atoms with van der Waals surface area (Å²) < 4.78 is 23.6. The minimum Gasteiger partial charge on any atom is -0.508 e. The summed E-state index contributed by atoms with van der Waals surface area (Å²) >= 11 is 0. The Kier molecular flexibility index (Phi) is 4.65. The van der Waals surface area contributed by atoms with Crippen molar-refractivity contribution in [2.24, 2.45) is 0 Å². The highest BCUT2D eigenvalue weighted by Crippen LogP contribution is 2.25. The normalized spacial score (nSPS) is 10.6. The lowest BCUT2D eigenvalue weighted by atomic mass is 10.1. The highest BCUT2D eigenvalue weighted by atomic mass is 19.1. The van der Waals surface area contributed by atoms with Gasteiger partial charge in [-0.25, -0.2) is 4.39 Å². The van der Waals surface area contributed by atoms with Crippen molar-refractivity contribution in [1.82, 2.24) is 0 Å². The van der Waals surface area contributed by atoms with Crippen LogP contribution in [0.5, 0.6) is 5.75 Å². The standard InChI is InChI=1S/C18H14FNO5/c19-14-3-1-2-4-15(14)20-17(22)10-25-18(23)7-11-9-24-16-8-12(21)5-6-13(11)16/h1-6,8-9,21H,7,10H2,(H,20,22). The molecule has 25 heavy (non-hydrogen) atoms. The number of phenolic OH excluding ortho intramolecular Hbond substituents is 1. The van der Waals surface area contributed by atoms with Crippen molar-refractivity contribution < 1.29 is 28.2 Å². The number of hydrogen-bond donors (Lipinski definition) is 2. The molecule has 0 aliphatic heterocycles. The molecule has 1 aromatic heterocycles. The molecule has 0 bridgehead atoms. The second kappa shape index (κ2) is 7.04. The molecule has 128 valence electrons. The Labute approximate surface area is 141 Å². The number of aromatic hydroxyl groups is 1. The summed E-state index contributed by atoms with van der Waals surface area (Å²) in [7, 11) is 0. The zero-order valence-electron chi connectivity index (χ0n) is 13.0. The van der Waals surface area contributed by atoms with Gasteiger partial charge in [-0.2, -0.15) is 0 Å². The van der Waals surface area contributed by atoms with Gasteiger partial charge in [0.2, 0.25) is 0 Å². The molecule has 0 atom stereocenters. The molecule has 2 N–H and O–H groups in total. The molecule has 7 heteroatoms. The fourth-order valence-electron chi connectivity index (χ4n) is 2.31. The average Bonchev–Trinajstić information content (AvgIpc) is 2.97. The van der Waals surface area contributed by atoms with Gasteiger partial charge in [-0.15, -0.1) is 0 Å². The van der Waals surface area contributed by atoms with E-state index in [1.54, 1.807) is 12.1 Å². The predicted octanol–water partition coefficient (Wildman–Crippen LogP) is 3.00. The quantitative estimate of drug-likeness (QED) is 0.695. The van der Waals surface area contributed by atoms with Gasteiger partial charge in [-0.3, -0.25) is 9.59 Å². The van der Waals surface area contributed by atoms with Crippen LogP contribution in [-0.4, -0.2) is 23.6 Å². The summed E-state index contributed by atoms with van der Waals surface area (Å²) in [5.74, 6) is -1.78. The second-order valence-corrected chi connectivity index (χ2v) is 5.31. The van der Waals surface area contributed by atoms with Crippen molar-refractivity contribution >= 4 is 28.5 Å². The van der Waals surface area contributed by atoms with Crippen LogP contribution in [0.3, 0.4) is 0 Å². The van der Waals surface area contributed by atoms with E-state index in [4.69, 9.17) is 9.15 Å². The number of carbonyl (C=O) groups is 2. The largest absolute Gasteiger partial charge is 0.508 e. The Hall–Kier alpha value is -3.35. The maximum atomic E-state index is 13.4. The van der Waals surface area contributed by atoms with Crippen molar-refractivity contribution in [3.63, 3.8) is 0 Å². The molecule has 0 saturated heterocycles. The van der Waals surface area contributed by atoms with Crippen LogP contribution < -0.4 is 5.32 Å². The van der Waals surface area contributed by atoms with Crippen LogP contribution in [0.4, 0.5) is 10.1 Å². The molecule has 2 aromatic carbocycles. The van der Waals surface area contributed by atoms with E-state index in [-0.39, 0.29) is 17.9 Å². The summed E-state index contributed by atoms with van der Waals surface area (Å²) in [6, 6.07) is 10.2. The minimum absolute atomic E-state index is 0.0178.